The summed E-state index contributed by atoms with van der Waals surface area (Å²) >= 11 is 0. The van der Waals surface area contributed by atoms with Crippen LogP contribution in [-0.2, 0) is 4.79 Å². The Hall–Kier alpha value is -2.37. The van der Waals surface area contributed by atoms with Crippen molar-refractivity contribution in [2.75, 3.05) is 6.54 Å². The minimum absolute atomic E-state index is 0. The summed E-state index contributed by atoms with van der Waals surface area (Å²) < 4.78 is 0. The maximum atomic E-state index is 12.8. The van der Waals surface area contributed by atoms with Crippen molar-refractivity contribution in [1.82, 2.24) is 10.6 Å². The Labute approximate surface area is 179 Å². The second kappa shape index (κ2) is 11.0. The number of carbonyl (C=O) groups is 2. The largest absolute Gasteiger partial charge is 0.349 e. The van der Waals surface area contributed by atoms with Gasteiger partial charge >= 0.3 is 0 Å². The van der Waals surface area contributed by atoms with Crippen molar-refractivity contribution in [3.05, 3.63) is 71.3 Å². The van der Waals surface area contributed by atoms with E-state index in [0.29, 0.717) is 12.1 Å². The number of hydrogen-bond donors (Lipinski definition) is 3. The first-order chi connectivity index (χ1) is 13.2. The lowest BCUT2D eigenvalue weighted by Crippen LogP contribution is -2.55. The van der Waals surface area contributed by atoms with E-state index in [1.54, 1.807) is 12.1 Å². The summed E-state index contributed by atoms with van der Waals surface area (Å²) in [6.07, 6.45) is 0.143. The molecule has 0 fully saturated rings. The molecule has 6 heteroatoms. The second-order valence-corrected chi connectivity index (χ2v) is 7.83. The number of amides is 2. The van der Waals surface area contributed by atoms with E-state index in [9.17, 15) is 9.59 Å². The minimum atomic E-state index is -0.487. The fourth-order valence-electron chi connectivity index (χ4n) is 2.87. The molecular weight excluding hydrogens is 386 g/mol. The smallest absolute Gasteiger partial charge is 0.251 e. The van der Waals surface area contributed by atoms with Gasteiger partial charge < -0.3 is 16.4 Å². The number of rotatable bonds is 8. The van der Waals surface area contributed by atoms with Crippen LogP contribution in [0.1, 0.15) is 54.7 Å². The van der Waals surface area contributed by atoms with Gasteiger partial charge in [-0.2, -0.15) is 0 Å². The molecule has 0 aliphatic rings. The van der Waals surface area contributed by atoms with Gasteiger partial charge in [0.2, 0.25) is 5.91 Å². The van der Waals surface area contributed by atoms with E-state index >= 15 is 0 Å². The Kier molecular flexibility index (Phi) is 9.34. The summed E-state index contributed by atoms with van der Waals surface area (Å²) in [7, 11) is 0. The van der Waals surface area contributed by atoms with Gasteiger partial charge in [0.1, 0.15) is 0 Å². The van der Waals surface area contributed by atoms with Crippen LogP contribution in [-0.4, -0.2) is 23.9 Å². The summed E-state index contributed by atoms with van der Waals surface area (Å²) in [5, 5.41) is 6.05. The monoisotopic (exact) mass is 417 g/mol. The van der Waals surface area contributed by atoms with Crippen molar-refractivity contribution in [3.8, 4) is 0 Å². The average molecular weight is 418 g/mol. The second-order valence-electron chi connectivity index (χ2n) is 7.83. The molecule has 4 N–H and O–H groups in total. The Balaban J connectivity index is 0.00000420. The zero-order valence-electron chi connectivity index (χ0n) is 17.6. The first kappa shape index (κ1) is 24.7. The highest BCUT2D eigenvalue weighted by molar-refractivity contribution is 5.94. The van der Waals surface area contributed by atoms with E-state index in [-0.39, 0.29) is 36.6 Å². The molecular formula is C23H32ClN3O2. The van der Waals surface area contributed by atoms with E-state index in [1.807, 2.05) is 70.2 Å². The molecule has 0 aliphatic heterocycles. The van der Waals surface area contributed by atoms with Gasteiger partial charge in [-0.05, 0) is 37.5 Å². The summed E-state index contributed by atoms with van der Waals surface area (Å²) in [5.41, 5.74) is 7.94. The maximum Gasteiger partial charge on any atom is 0.251 e. The number of carbonyl (C=O) groups excluding carboxylic acids is 2. The third kappa shape index (κ3) is 6.87. The summed E-state index contributed by atoms with van der Waals surface area (Å²) in [5.74, 6) is -0.148. The van der Waals surface area contributed by atoms with E-state index in [2.05, 4.69) is 10.6 Å². The summed E-state index contributed by atoms with van der Waals surface area (Å²) in [6, 6.07) is 16.5. The number of benzene rings is 2. The molecule has 0 saturated heterocycles. The molecule has 0 heterocycles. The van der Waals surface area contributed by atoms with Crippen LogP contribution in [0.4, 0.5) is 0 Å². The molecule has 2 rings (SSSR count). The Bertz CT molecular complexity index is 794. The number of hydrogen-bond acceptors (Lipinski definition) is 3. The first-order valence-corrected chi connectivity index (χ1v) is 9.68. The van der Waals surface area contributed by atoms with Crippen LogP contribution in [0.25, 0.3) is 0 Å². The zero-order valence-corrected chi connectivity index (χ0v) is 18.4. The van der Waals surface area contributed by atoms with Crippen molar-refractivity contribution in [2.45, 2.75) is 45.7 Å². The standard InChI is InChI=1S/C23H31N3O2.ClH/c1-16(2)23(4,15-24)26-21(27)14-20(18-8-6-5-7-9-18)25-22(28)19-12-10-17(3)11-13-19;/h5-13,16,20H,14-15,24H2,1-4H3,(H,25,28)(H,26,27);1H. The van der Waals surface area contributed by atoms with Gasteiger partial charge in [0.25, 0.3) is 5.91 Å². The van der Waals surface area contributed by atoms with Crippen molar-refractivity contribution in [2.24, 2.45) is 11.7 Å². The fraction of sp³-hybridized carbons (Fsp3) is 0.391. The first-order valence-electron chi connectivity index (χ1n) is 9.68. The molecule has 0 spiro atoms. The number of nitrogens with two attached hydrogens (primary N) is 1. The normalized spacial score (nSPS) is 13.7. The third-order valence-electron chi connectivity index (χ3n) is 5.33. The van der Waals surface area contributed by atoms with E-state index in [4.69, 9.17) is 5.73 Å². The predicted molar refractivity (Wildman–Crippen MR) is 120 cm³/mol. The van der Waals surface area contributed by atoms with Crippen LogP contribution in [0.15, 0.2) is 54.6 Å². The molecule has 2 amide bonds. The summed E-state index contributed by atoms with van der Waals surface area (Å²) in [6.45, 7) is 8.32. The minimum Gasteiger partial charge on any atom is -0.349 e. The molecule has 2 aromatic rings. The number of aryl methyl sites for hydroxylation is 1. The van der Waals surface area contributed by atoms with Gasteiger partial charge in [-0.1, -0.05) is 61.9 Å². The predicted octanol–water partition coefficient (Wildman–Crippen LogP) is 3.77. The van der Waals surface area contributed by atoms with Gasteiger partial charge in [0.05, 0.1) is 18.0 Å². The van der Waals surface area contributed by atoms with E-state index < -0.39 is 11.6 Å². The molecule has 2 unspecified atom stereocenters. The lowest BCUT2D eigenvalue weighted by molar-refractivity contribution is -0.123. The van der Waals surface area contributed by atoms with Crippen LogP contribution in [0.3, 0.4) is 0 Å². The lowest BCUT2D eigenvalue weighted by atomic mass is 9.88. The van der Waals surface area contributed by atoms with Crippen molar-refractivity contribution < 1.29 is 9.59 Å². The fourth-order valence-corrected chi connectivity index (χ4v) is 2.87. The Morgan fingerprint density at radius 3 is 2.14 bits per heavy atom. The van der Waals surface area contributed by atoms with Crippen LogP contribution in [0, 0.1) is 12.8 Å². The number of halogens is 1. The van der Waals surface area contributed by atoms with Gasteiger partial charge in [-0.3, -0.25) is 9.59 Å². The molecule has 5 nitrogen and oxygen atoms in total. The highest BCUT2D eigenvalue weighted by atomic mass is 35.5. The molecule has 0 bridgehead atoms. The highest BCUT2D eigenvalue weighted by Gasteiger charge is 2.30. The highest BCUT2D eigenvalue weighted by Crippen LogP contribution is 2.20. The Morgan fingerprint density at radius 1 is 1.03 bits per heavy atom. The molecule has 0 aliphatic carbocycles. The van der Waals surface area contributed by atoms with Gasteiger partial charge in [0, 0.05) is 12.1 Å². The molecule has 29 heavy (non-hydrogen) atoms. The van der Waals surface area contributed by atoms with Gasteiger partial charge in [-0.25, -0.2) is 0 Å². The van der Waals surface area contributed by atoms with E-state index in [0.717, 1.165) is 11.1 Å². The van der Waals surface area contributed by atoms with Crippen LogP contribution in [0.2, 0.25) is 0 Å². The van der Waals surface area contributed by atoms with Crippen LogP contribution < -0.4 is 16.4 Å². The molecule has 0 aromatic heterocycles. The van der Waals surface area contributed by atoms with Crippen LogP contribution >= 0.6 is 12.4 Å². The van der Waals surface area contributed by atoms with E-state index in [1.165, 1.54) is 0 Å². The molecule has 0 saturated carbocycles. The third-order valence-corrected chi connectivity index (χ3v) is 5.33. The molecule has 2 aromatic carbocycles. The van der Waals surface area contributed by atoms with Gasteiger partial charge in [-0.15, -0.1) is 12.4 Å². The quantitative estimate of drug-likeness (QED) is 0.611. The Morgan fingerprint density at radius 2 is 1.62 bits per heavy atom. The van der Waals surface area contributed by atoms with Crippen molar-refractivity contribution in [3.63, 3.8) is 0 Å². The van der Waals surface area contributed by atoms with Crippen molar-refractivity contribution in [1.29, 1.82) is 0 Å². The molecule has 0 radical (unpaired) electrons. The summed E-state index contributed by atoms with van der Waals surface area (Å²) in [4.78, 5) is 25.5. The van der Waals surface area contributed by atoms with Crippen molar-refractivity contribution >= 4 is 24.2 Å². The average Bonchev–Trinajstić information content (AvgIpc) is 2.68. The lowest BCUT2D eigenvalue weighted by Gasteiger charge is -2.34. The topological polar surface area (TPSA) is 84.2 Å². The molecule has 2 atom stereocenters. The van der Waals surface area contributed by atoms with Gasteiger partial charge in [0.15, 0.2) is 0 Å². The maximum absolute atomic E-state index is 12.8. The zero-order chi connectivity index (χ0) is 20.7. The SMILES string of the molecule is Cc1ccc(C(=O)NC(CC(=O)NC(C)(CN)C(C)C)c2ccccc2)cc1.Cl. The van der Waals surface area contributed by atoms with Crippen LogP contribution in [0.5, 0.6) is 0 Å². The number of nitrogens with one attached hydrogen (secondary N) is 2. The molecule has 158 valence electrons.